The topological polar surface area (TPSA) is 213 Å². The summed E-state index contributed by atoms with van der Waals surface area (Å²) < 4.78 is 39.0. The van der Waals surface area contributed by atoms with E-state index in [1.54, 1.807) is 24.3 Å². The van der Waals surface area contributed by atoms with Crippen molar-refractivity contribution in [2.24, 2.45) is 0 Å². The van der Waals surface area contributed by atoms with Gasteiger partial charge in [-0.15, -0.1) is 0 Å². The van der Waals surface area contributed by atoms with Crippen LogP contribution in [0, 0.1) is 0 Å². The van der Waals surface area contributed by atoms with Crippen LogP contribution in [0.25, 0.3) is 21.9 Å². The SMILES string of the molecule is CCCCOC(=O)[C@H](C)NP(=O)(Oc1cccc2ccccc12)O[C@H](C)[C@H]1O[C@@H](n2cnc3c(=O)[nH]c(N)nc32)[C@](C)(O)[C@@H]1O. The number of aliphatic hydroxyl groups is 2. The smallest absolute Gasteiger partial charge is 0.459 e. The molecule has 1 saturated heterocycles. The minimum absolute atomic E-state index is 0.0185. The number of nitrogens with zero attached hydrogens (tertiary/aromatic N) is 3. The first-order valence-electron chi connectivity index (χ1n) is 14.5. The van der Waals surface area contributed by atoms with Crippen LogP contribution in [0.5, 0.6) is 5.75 Å². The molecule has 15 nitrogen and oxygen atoms in total. The van der Waals surface area contributed by atoms with Crippen molar-refractivity contribution >= 4 is 41.6 Å². The van der Waals surface area contributed by atoms with Gasteiger partial charge in [0, 0.05) is 5.39 Å². The van der Waals surface area contributed by atoms with E-state index in [-0.39, 0.29) is 29.5 Å². The van der Waals surface area contributed by atoms with Crippen LogP contribution >= 0.6 is 7.75 Å². The van der Waals surface area contributed by atoms with Gasteiger partial charge in [-0.25, -0.2) is 9.55 Å². The number of carbonyl (C=O) groups is 1. The lowest BCUT2D eigenvalue weighted by molar-refractivity contribution is -0.145. The molecule has 0 bridgehead atoms. The number of aliphatic hydroxyl groups excluding tert-OH is 1. The summed E-state index contributed by atoms with van der Waals surface area (Å²) in [5.74, 6) is -0.616. The molecule has 0 amide bonds. The number of aromatic nitrogens is 4. The number of hydrogen-bond donors (Lipinski definition) is 5. The fourth-order valence-corrected chi connectivity index (χ4v) is 6.88. The first-order chi connectivity index (χ1) is 21.3. The molecule has 0 aliphatic carbocycles. The van der Waals surface area contributed by atoms with Crippen LogP contribution in [0.4, 0.5) is 5.95 Å². The number of H-pyrrole nitrogens is 1. The molecular weight excluding hydrogens is 607 g/mol. The van der Waals surface area contributed by atoms with Crippen LogP contribution in [-0.4, -0.2) is 72.3 Å². The molecule has 2 aromatic heterocycles. The summed E-state index contributed by atoms with van der Waals surface area (Å²) >= 11 is 0. The van der Waals surface area contributed by atoms with E-state index in [1.807, 2.05) is 25.1 Å². The Morgan fingerprint density at radius 1 is 1.27 bits per heavy atom. The Hall–Kier alpha value is -3.85. The van der Waals surface area contributed by atoms with Crippen molar-refractivity contribution < 1.29 is 38.1 Å². The number of esters is 1. The Balaban J connectivity index is 1.44. The number of aromatic amines is 1. The number of anilines is 1. The first-order valence-corrected chi connectivity index (χ1v) is 16.1. The molecule has 45 heavy (non-hydrogen) atoms. The highest BCUT2D eigenvalue weighted by molar-refractivity contribution is 7.52. The van der Waals surface area contributed by atoms with E-state index in [2.05, 4.69) is 20.0 Å². The number of rotatable bonds is 12. The molecular formula is C29H37N6O9P. The summed E-state index contributed by atoms with van der Waals surface area (Å²) in [5.41, 5.74) is 3.13. The van der Waals surface area contributed by atoms with Crippen LogP contribution in [0.3, 0.4) is 0 Å². The maximum Gasteiger partial charge on any atom is 0.459 e. The average Bonchev–Trinajstić information content (AvgIpc) is 3.50. The quantitative estimate of drug-likeness (QED) is 0.0854. The van der Waals surface area contributed by atoms with Crippen LogP contribution in [-0.2, 0) is 23.4 Å². The molecule has 3 heterocycles. The second-order valence-electron chi connectivity index (χ2n) is 11.1. The van der Waals surface area contributed by atoms with Gasteiger partial charge >= 0.3 is 13.7 Å². The van der Waals surface area contributed by atoms with Crippen LogP contribution in [0.1, 0.15) is 46.8 Å². The molecule has 1 unspecified atom stereocenters. The zero-order valence-corrected chi connectivity index (χ0v) is 26.1. The maximum absolute atomic E-state index is 14.4. The highest BCUT2D eigenvalue weighted by Gasteiger charge is 2.56. The van der Waals surface area contributed by atoms with Crippen molar-refractivity contribution in [2.45, 2.75) is 76.7 Å². The summed E-state index contributed by atoms with van der Waals surface area (Å²) in [6.07, 6.45) is -2.64. The molecule has 0 spiro atoms. The van der Waals surface area contributed by atoms with Crippen LogP contribution < -0.4 is 20.9 Å². The molecule has 0 radical (unpaired) electrons. The molecule has 1 fully saturated rings. The van der Waals surface area contributed by atoms with Gasteiger partial charge in [-0.2, -0.15) is 10.1 Å². The Kier molecular flexibility index (Phi) is 9.31. The molecule has 0 saturated carbocycles. The van der Waals surface area contributed by atoms with Crippen molar-refractivity contribution in [3.8, 4) is 5.75 Å². The Bertz CT molecular complexity index is 1790. The average molecular weight is 645 g/mol. The predicted molar refractivity (Wildman–Crippen MR) is 164 cm³/mol. The number of unbranched alkanes of at least 4 members (excludes halogenated alkanes) is 1. The van der Waals surface area contributed by atoms with Crippen LogP contribution in [0.2, 0.25) is 0 Å². The summed E-state index contributed by atoms with van der Waals surface area (Å²) in [5, 5.41) is 26.7. The number of ether oxygens (including phenoxy) is 2. The van der Waals surface area contributed by atoms with E-state index in [4.69, 9.17) is 24.3 Å². The monoisotopic (exact) mass is 644 g/mol. The predicted octanol–water partition coefficient (Wildman–Crippen LogP) is 2.78. The first kappa shape index (κ1) is 32.5. The van der Waals surface area contributed by atoms with Crippen molar-refractivity contribution in [2.75, 3.05) is 12.3 Å². The van der Waals surface area contributed by atoms with Crippen molar-refractivity contribution in [3.05, 3.63) is 59.1 Å². The zero-order chi connectivity index (χ0) is 32.5. The second kappa shape index (κ2) is 12.9. The van der Waals surface area contributed by atoms with Gasteiger partial charge in [-0.3, -0.25) is 23.7 Å². The fraction of sp³-hybridized carbons (Fsp3) is 0.448. The lowest BCUT2D eigenvalue weighted by Crippen LogP contribution is -2.46. The maximum atomic E-state index is 14.4. The lowest BCUT2D eigenvalue weighted by Gasteiger charge is -2.30. The normalized spacial score (nSPS) is 24.4. The minimum Gasteiger partial charge on any atom is -0.465 e. The zero-order valence-electron chi connectivity index (χ0n) is 25.2. The highest BCUT2D eigenvalue weighted by atomic mass is 31.2. The lowest BCUT2D eigenvalue weighted by atomic mass is 9.94. The van der Waals surface area contributed by atoms with Gasteiger partial charge in [0.1, 0.15) is 29.6 Å². The van der Waals surface area contributed by atoms with Gasteiger partial charge in [-0.05, 0) is 38.6 Å². The minimum atomic E-state index is -4.42. The van der Waals surface area contributed by atoms with Crippen molar-refractivity contribution in [1.29, 1.82) is 0 Å². The third-order valence-electron chi connectivity index (χ3n) is 7.58. The molecule has 2 aromatic carbocycles. The van der Waals surface area contributed by atoms with E-state index < -0.39 is 55.5 Å². The number of nitrogen functional groups attached to an aromatic ring is 1. The van der Waals surface area contributed by atoms with Gasteiger partial charge in [-0.1, -0.05) is 49.7 Å². The van der Waals surface area contributed by atoms with Gasteiger partial charge < -0.3 is 29.9 Å². The van der Waals surface area contributed by atoms with E-state index in [1.165, 1.54) is 31.7 Å². The van der Waals surface area contributed by atoms with Gasteiger partial charge in [0.15, 0.2) is 17.4 Å². The summed E-state index contributed by atoms with van der Waals surface area (Å²) in [6, 6.07) is 11.4. The number of imidazole rings is 1. The number of fused-ring (bicyclic) bond motifs is 2. The molecule has 5 rings (SSSR count). The molecule has 1 aliphatic heterocycles. The van der Waals surface area contributed by atoms with Gasteiger partial charge in [0.2, 0.25) is 5.95 Å². The largest absolute Gasteiger partial charge is 0.465 e. The number of hydrogen-bond acceptors (Lipinski definition) is 12. The number of carbonyl (C=O) groups excluding carboxylic acids is 1. The molecule has 242 valence electrons. The second-order valence-corrected chi connectivity index (χ2v) is 12.8. The Morgan fingerprint density at radius 2 is 2.00 bits per heavy atom. The molecule has 16 heteroatoms. The third kappa shape index (κ3) is 6.59. The van der Waals surface area contributed by atoms with Gasteiger partial charge in [0.05, 0.1) is 19.0 Å². The fourth-order valence-electron chi connectivity index (χ4n) is 5.16. The Morgan fingerprint density at radius 3 is 2.76 bits per heavy atom. The molecule has 6 N–H and O–H groups in total. The van der Waals surface area contributed by atoms with E-state index >= 15 is 0 Å². The standard InChI is InChI=1S/C29H37N6O9P/c1-5-6-14-41-26(38)16(2)34-45(40,44-20-13-9-11-18-10-7-8-12-19(18)20)43-17(3)22-23(36)29(4,39)27(42-22)35-15-31-21-24(35)32-28(30)33-25(21)37/h7-13,15-17,22-23,27,36,39H,5-6,14H2,1-4H3,(H,34,40)(H3,30,32,33,37)/t16-,17+,22+,23+,27+,29+,45?/m0/s1. The molecule has 1 aliphatic rings. The summed E-state index contributed by atoms with van der Waals surface area (Å²) in [7, 11) is -4.42. The van der Waals surface area contributed by atoms with Gasteiger partial charge in [0.25, 0.3) is 5.56 Å². The van der Waals surface area contributed by atoms with Crippen LogP contribution in [0.15, 0.2) is 53.6 Å². The number of benzene rings is 2. The molecule has 4 aromatic rings. The summed E-state index contributed by atoms with van der Waals surface area (Å²) in [4.78, 5) is 35.5. The number of nitrogens with two attached hydrogens (primary N) is 1. The third-order valence-corrected chi connectivity index (χ3v) is 9.33. The van der Waals surface area contributed by atoms with Crippen molar-refractivity contribution in [3.63, 3.8) is 0 Å². The van der Waals surface area contributed by atoms with E-state index in [9.17, 15) is 24.4 Å². The number of nitrogens with one attached hydrogen (secondary N) is 2. The Labute approximate surface area is 258 Å². The van der Waals surface area contributed by atoms with Crippen molar-refractivity contribution in [1.82, 2.24) is 24.6 Å². The van der Waals surface area contributed by atoms with E-state index in [0.29, 0.717) is 11.8 Å². The molecule has 7 atom stereocenters. The highest BCUT2D eigenvalue weighted by Crippen LogP contribution is 2.50. The van der Waals surface area contributed by atoms with E-state index in [0.717, 1.165) is 11.8 Å². The summed E-state index contributed by atoms with van der Waals surface area (Å²) in [6.45, 7) is 6.43.